The van der Waals surface area contributed by atoms with Crippen molar-refractivity contribution < 1.29 is 9.79 Å². The molecule has 0 aliphatic rings. The van der Waals surface area contributed by atoms with Gasteiger partial charge in [0.25, 0.3) is 0 Å². The fourth-order valence-electron chi connectivity index (χ4n) is 1.31. The second-order valence-electron chi connectivity index (χ2n) is 3.72. The van der Waals surface area contributed by atoms with E-state index in [0.717, 1.165) is 0 Å². The Hall–Kier alpha value is 0.310. The van der Waals surface area contributed by atoms with Gasteiger partial charge in [-0.2, -0.15) is 0 Å². The van der Waals surface area contributed by atoms with Crippen molar-refractivity contribution in [2.75, 3.05) is 6.54 Å². The van der Waals surface area contributed by atoms with Crippen molar-refractivity contribution in [1.29, 1.82) is 0 Å². The number of hydrogen-bond donors (Lipinski definition) is 2. The molecule has 0 fully saturated rings. The monoisotopic (exact) mass is 195 g/mol. The van der Waals surface area contributed by atoms with Gasteiger partial charge in [0.1, 0.15) is 0 Å². The molecule has 2 N–H and O–H groups in total. The summed E-state index contributed by atoms with van der Waals surface area (Å²) in [6.07, 6.45) is 0. The molecule has 0 spiro atoms. The molecule has 0 aromatic heterocycles. The maximum absolute atomic E-state index is 9.84. The minimum atomic E-state index is -3.14. The zero-order chi connectivity index (χ0) is 9.94. The molecule has 0 heterocycles. The van der Waals surface area contributed by atoms with Crippen LogP contribution in [0, 0.1) is 0 Å². The Labute approximate surface area is 76.0 Å². The Kier molecular flexibility index (Phi) is 4.64. The Morgan fingerprint density at radius 3 is 1.67 bits per heavy atom. The zero-order valence-electron chi connectivity index (χ0n) is 8.70. The molecule has 0 atom stereocenters. The summed E-state index contributed by atoms with van der Waals surface area (Å²) in [5.74, 6) is 0. The van der Waals surface area contributed by atoms with E-state index in [9.17, 15) is 9.79 Å². The van der Waals surface area contributed by atoms with E-state index in [1.165, 1.54) is 0 Å². The van der Waals surface area contributed by atoms with Crippen LogP contribution in [0.15, 0.2) is 0 Å². The molecule has 0 radical (unpaired) electrons. The van der Waals surface area contributed by atoms with E-state index in [2.05, 4.69) is 0 Å². The third kappa shape index (κ3) is 2.67. The predicted octanol–water partition coefficient (Wildman–Crippen LogP) is 1.60. The summed E-state index contributed by atoms with van der Waals surface area (Å²) < 4.78 is 1.80. The molecule has 0 aliphatic carbocycles. The van der Waals surface area contributed by atoms with Crippen LogP contribution in [-0.2, 0) is 0 Å². The number of rotatable bonds is 4. The van der Waals surface area contributed by atoms with Crippen LogP contribution < -0.4 is 0 Å². The fourth-order valence-corrected chi connectivity index (χ4v) is 3.20. The van der Waals surface area contributed by atoms with Crippen LogP contribution in [0.1, 0.15) is 34.6 Å². The van der Waals surface area contributed by atoms with Gasteiger partial charge in [-0.1, -0.05) is 0 Å². The molecular weight excluding hydrogens is 173 g/mol. The van der Waals surface area contributed by atoms with Crippen molar-refractivity contribution in [3.63, 3.8) is 0 Å². The van der Waals surface area contributed by atoms with Crippen LogP contribution in [0.4, 0.5) is 0 Å². The van der Waals surface area contributed by atoms with Crippen molar-refractivity contribution in [2.45, 2.75) is 46.3 Å². The summed E-state index contributed by atoms with van der Waals surface area (Å²) in [6.45, 7) is 10.3. The molecule has 0 amide bonds. The first-order valence-electron chi connectivity index (χ1n) is 4.55. The Morgan fingerprint density at radius 2 is 1.58 bits per heavy atom. The summed E-state index contributed by atoms with van der Waals surface area (Å²) in [7, 11) is -3.14. The second-order valence-corrected chi connectivity index (χ2v) is 6.83. The third-order valence-electron chi connectivity index (χ3n) is 2.16. The minimum absolute atomic E-state index is 0.0418. The molecule has 0 aromatic carbocycles. The van der Waals surface area contributed by atoms with Crippen molar-refractivity contribution >= 4 is 7.87 Å². The number of hydrogen-bond acceptors (Lipinski definition) is 3. The van der Waals surface area contributed by atoms with E-state index in [0.29, 0.717) is 6.54 Å². The van der Waals surface area contributed by atoms with E-state index in [1.807, 2.05) is 34.6 Å². The molecule has 0 rings (SSSR count). The Morgan fingerprint density at radius 1 is 1.17 bits per heavy atom. The summed E-state index contributed by atoms with van der Waals surface area (Å²) in [6, 6.07) is 0.207. The molecule has 0 bridgehead atoms. The standard InChI is InChI=1S/C8H22NO2P/c1-6-9(7(2)3)12(10,11)8(4)5/h7-8,10-12H,6H2,1-5H3. The van der Waals surface area contributed by atoms with Crippen molar-refractivity contribution in [2.24, 2.45) is 0 Å². The van der Waals surface area contributed by atoms with Crippen LogP contribution >= 0.6 is 7.87 Å². The Bertz CT molecular complexity index is 137. The van der Waals surface area contributed by atoms with Gasteiger partial charge in [0.05, 0.1) is 0 Å². The molecule has 4 heteroatoms. The molecule has 76 valence electrons. The van der Waals surface area contributed by atoms with Gasteiger partial charge in [0, 0.05) is 0 Å². The van der Waals surface area contributed by atoms with Gasteiger partial charge in [0.15, 0.2) is 0 Å². The summed E-state index contributed by atoms with van der Waals surface area (Å²) in [4.78, 5) is 19.7. The molecule has 3 nitrogen and oxygen atoms in total. The van der Waals surface area contributed by atoms with Gasteiger partial charge in [-0.05, 0) is 0 Å². The van der Waals surface area contributed by atoms with E-state index < -0.39 is 7.87 Å². The van der Waals surface area contributed by atoms with Gasteiger partial charge in [0.2, 0.25) is 0 Å². The van der Waals surface area contributed by atoms with Gasteiger partial charge >= 0.3 is 75.2 Å². The van der Waals surface area contributed by atoms with Crippen molar-refractivity contribution in [3.05, 3.63) is 0 Å². The average Bonchev–Trinajstić information content (AvgIpc) is 1.86. The van der Waals surface area contributed by atoms with Crippen LogP contribution in [-0.4, -0.2) is 32.7 Å². The summed E-state index contributed by atoms with van der Waals surface area (Å²) in [5.41, 5.74) is -0.0418. The molecular formula is C8H22NO2P. The van der Waals surface area contributed by atoms with Gasteiger partial charge in [-0.3, -0.25) is 0 Å². The molecule has 0 saturated carbocycles. The van der Waals surface area contributed by atoms with Gasteiger partial charge in [-0.25, -0.2) is 0 Å². The third-order valence-corrected chi connectivity index (χ3v) is 5.39. The Balaban J connectivity index is 4.47. The van der Waals surface area contributed by atoms with Gasteiger partial charge < -0.3 is 0 Å². The molecule has 12 heavy (non-hydrogen) atoms. The van der Waals surface area contributed by atoms with Crippen LogP contribution in [0.2, 0.25) is 0 Å². The van der Waals surface area contributed by atoms with Gasteiger partial charge in [-0.15, -0.1) is 0 Å². The van der Waals surface area contributed by atoms with E-state index >= 15 is 0 Å². The normalized spacial score (nSPS) is 14.8. The van der Waals surface area contributed by atoms with Crippen LogP contribution in [0.25, 0.3) is 0 Å². The van der Waals surface area contributed by atoms with Crippen LogP contribution in [0.3, 0.4) is 0 Å². The molecule has 0 saturated heterocycles. The van der Waals surface area contributed by atoms with Crippen LogP contribution in [0.5, 0.6) is 0 Å². The SMILES string of the molecule is CCN(C(C)C)[PH](O)(O)C(C)C. The maximum atomic E-state index is 9.84. The number of nitrogens with zero attached hydrogens (tertiary/aromatic N) is 1. The van der Waals surface area contributed by atoms with E-state index in [-0.39, 0.29) is 11.7 Å². The van der Waals surface area contributed by atoms with E-state index in [1.54, 1.807) is 4.67 Å². The van der Waals surface area contributed by atoms with Crippen molar-refractivity contribution in [1.82, 2.24) is 4.67 Å². The predicted molar refractivity (Wildman–Crippen MR) is 55.4 cm³/mol. The molecule has 0 aliphatic heterocycles. The first-order valence-corrected chi connectivity index (χ1v) is 6.47. The fraction of sp³-hybridized carbons (Fsp3) is 1.00. The second kappa shape index (κ2) is 4.52. The molecule has 0 aromatic rings. The topological polar surface area (TPSA) is 43.7 Å². The van der Waals surface area contributed by atoms with Crippen molar-refractivity contribution in [3.8, 4) is 0 Å². The molecule has 0 unspecified atom stereocenters. The summed E-state index contributed by atoms with van der Waals surface area (Å²) in [5, 5.41) is 0. The quantitative estimate of drug-likeness (QED) is 0.670. The summed E-state index contributed by atoms with van der Waals surface area (Å²) >= 11 is 0. The first kappa shape index (κ1) is 12.3. The first-order chi connectivity index (χ1) is 5.34. The average molecular weight is 195 g/mol. The van der Waals surface area contributed by atoms with E-state index in [4.69, 9.17) is 0 Å². The zero-order valence-corrected chi connectivity index (χ0v) is 9.70.